The van der Waals surface area contributed by atoms with Gasteiger partial charge in [-0.15, -0.1) is 0 Å². The summed E-state index contributed by atoms with van der Waals surface area (Å²) in [5.74, 6) is 0.413. The molecule has 0 atom stereocenters. The van der Waals surface area contributed by atoms with Crippen LogP contribution in [0.15, 0.2) is 39.4 Å². The first-order chi connectivity index (χ1) is 7.27. The molecule has 76 valence electrons. The van der Waals surface area contributed by atoms with Gasteiger partial charge in [-0.2, -0.15) is 0 Å². The molecular formula is C8H6BrN5S. The minimum atomic E-state index is 0.413. The summed E-state index contributed by atoms with van der Waals surface area (Å²) >= 11 is 4.70. The van der Waals surface area contributed by atoms with E-state index in [1.165, 1.54) is 18.1 Å². The standard InChI is InChI=1S/C8H6BrN5S/c9-6-7(10)13-4-14-8(6)15-5-3-11-1-2-12-5/h1-4H,(H2,10,13,14). The van der Waals surface area contributed by atoms with E-state index in [1.54, 1.807) is 18.6 Å². The smallest absolute Gasteiger partial charge is 0.142 e. The van der Waals surface area contributed by atoms with E-state index >= 15 is 0 Å². The maximum atomic E-state index is 5.63. The van der Waals surface area contributed by atoms with E-state index in [9.17, 15) is 0 Å². The Labute approximate surface area is 98.7 Å². The van der Waals surface area contributed by atoms with Crippen LogP contribution < -0.4 is 5.73 Å². The summed E-state index contributed by atoms with van der Waals surface area (Å²) in [5, 5.41) is 1.49. The normalized spacial score (nSPS) is 10.2. The van der Waals surface area contributed by atoms with Crippen molar-refractivity contribution < 1.29 is 0 Å². The van der Waals surface area contributed by atoms with Crippen LogP contribution in [0.5, 0.6) is 0 Å². The molecule has 15 heavy (non-hydrogen) atoms. The lowest BCUT2D eigenvalue weighted by Crippen LogP contribution is -1.95. The lowest BCUT2D eigenvalue weighted by molar-refractivity contribution is 1.01. The van der Waals surface area contributed by atoms with Crippen molar-refractivity contribution in [2.75, 3.05) is 5.73 Å². The van der Waals surface area contributed by atoms with Crippen molar-refractivity contribution in [1.82, 2.24) is 19.9 Å². The maximum absolute atomic E-state index is 5.63. The van der Waals surface area contributed by atoms with Crippen LogP contribution >= 0.6 is 27.7 Å². The third-order valence-corrected chi connectivity index (χ3v) is 3.49. The van der Waals surface area contributed by atoms with Gasteiger partial charge in [-0.1, -0.05) is 0 Å². The zero-order valence-corrected chi connectivity index (χ0v) is 9.86. The van der Waals surface area contributed by atoms with E-state index in [2.05, 4.69) is 35.9 Å². The average Bonchev–Trinajstić information content (AvgIpc) is 2.26. The predicted molar refractivity (Wildman–Crippen MR) is 60.3 cm³/mol. The van der Waals surface area contributed by atoms with E-state index in [1.807, 2.05) is 0 Å². The van der Waals surface area contributed by atoms with Crippen molar-refractivity contribution in [3.8, 4) is 0 Å². The van der Waals surface area contributed by atoms with Crippen molar-refractivity contribution in [1.29, 1.82) is 0 Å². The molecule has 5 nitrogen and oxygen atoms in total. The van der Waals surface area contributed by atoms with Crippen molar-refractivity contribution in [3.05, 3.63) is 29.4 Å². The summed E-state index contributed by atoms with van der Waals surface area (Å²) in [5.41, 5.74) is 5.63. The first-order valence-electron chi connectivity index (χ1n) is 3.97. The second-order valence-corrected chi connectivity index (χ2v) is 4.33. The van der Waals surface area contributed by atoms with Crippen molar-refractivity contribution in [2.45, 2.75) is 10.1 Å². The topological polar surface area (TPSA) is 77.6 Å². The number of hydrogen-bond acceptors (Lipinski definition) is 6. The molecule has 0 saturated heterocycles. The Balaban J connectivity index is 2.29. The lowest BCUT2D eigenvalue weighted by Gasteiger charge is -2.02. The molecule has 0 saturated carbocycles. The summed E-state index contributed by atoms with van der Waals surface area (Å²) in [6.07, 6.45) is 6.32. The Hall–Kier alpha value is -1.21. The zero-order valence-electron chi connectivity index (χ0n) is 7.46. The van der Waals surface area contributed by atoms with Gasteiger partial charge in [0.1, 0.15) is 22.2 Å². The van der Waals surface area contributed by atoms with Crippen LogP contribution in [0.25, 0.3) is 0 Å². The van der Waals surface area contributed by atoms with Gasteiger partial charge in [0, 0.05) is 12.4 Å². The van der Waals surface area contributed by atoms with Crippen molar-refractivity contribution in [2.24, 2.45) is 0 Å². The number of hydrogen-bond donors (Lipinski definition) is 1. The summed E-state index contributed by atoms with van der Waals surface area (Å²) in [4.78, 5) is 16.0. The minimum absolute atomic E-state index is 0.413. The molecule has 0 bridgehead atoms. The molecule has 0 aliphatic carbocycles. The molecular weight excluding hydrogens is 278 g/mol. The summed E-state index contributed by atoms with van der Waals surface area (Å²) in [6, 6.07) is 0. The molecule has 0 aliphatic rings. The van der Waals surface area contributed by atoms with E-state index in [0.29, 0.717) is 10.3 Å². The van der Waals surface area contributed by atoms with Gasteiger partial charge in [-0.25, -0.2) is 15.0 Å². The first-order valence-corrected chi connectivity index (χ1v) is 5.58. The van der Waals surface area contributed by atoms with Gasteiger partial charge < -0.3 is 5.73 Å². The highest BCUT2D eigenvalue weighted by molar-refractivity contribution is 9.10. The van der Waals surface area contributed by atoms with Crippen molar-refractivity contribution >= 4 is 33.5 Å². The molecule has 0 unspecified atom stereocenters. The highest BCUT2D eigenvalue weighted by Gasteiger charge is 2.08. The summed E-state index contributed by atoms with van der Waals surface area (Å²) in [7, 11) is 0. The molecule has 0 aliphatic heterocycles. The second-order valence-electron chi connectivity index (χ2n) is 2.52. The molecule has 0 spiro atoms. The number of nitrogen functional groups attached to an aromatic ring is 1. The third-order valence-electron chi connectivity index (χ3n) is 1.53. The number of aromatic nitrogens is 4. The van der Waals surface area contributed by atoms with Gasteiger partial charge >= 0.3 is 0 Å². The molecule has 0 radical (unpaired) electrons. The first kappa shape index (κ1) is 10.3. The van der Waals surface area contributed by atoms with Crippen LogP contribution in [0, 0.1) is 0 Å². The fourth-order valence-electron chi connectivity index (χ4n) is 0.875. The van der Waals surface area contributed by atoms with Gasteiger partial charge in [-0.05, 0) is 27.7 Å². The van der Waals surface area contributed by atoms with Crippen LogP contribution in [0.1, 0.15) is 0 Å². The molecule has 2 aromatic rings. The number of nitrogens with zero attached hydrogens (tertiary/aromatic N) is 4. The lowest BCUT2D eigenvalue weighted by atomic mass is 10.6. The zero-order chi connectivity index (χ0) is 10.7. The molecule has 2 N–H and O–H groups in total. The molecule has 0 amide bonds. The fourth-order valence-corrected chi connectivity index (χ4v) is 2.04. The van der Waals surface area contributed by atoms with Gasteiger partial charge in [0.2, 0.25) is 0 Å². The molecule has 0 aromatic carbocycles. The van der Waals surface area contributed by atoms with Gasteiger partial charge in [0.15, 0.2) is 0 Å². The van der Waals surface area contributed by atoms with Crippen LogP contribution in [0.3, 0.4) is 0 Å². The van der Waals surface area contributed by atoms with E-state index in [-0.39, 0.29) is 0 Å². The Morgan fingerprint density at radius 2 is 2.07 bits per heavy atom. The van der Waals surface area contributed by atoms with E-state index in [0.717, 1.165) is 10.1 Å². The number of nitrogens with two attached hydrogens (primary N) is 1. The second kappa shape index (κ2) is 4.54. The maximum Gasteiger partial charge on any atom is 0.142 e. The number of halogens is 1. The SMILES string of the molecule is Nc1ncnc(Sc2cnccn2)c1Br. The molecule has 0 fully saturated rings. The molecule has 2 aromatic heterocycles. The average molecular weight is 284 g/mol. The quantitative estimate of drug-likeness (QED) is 0.847. The Kier molecular flexibility index (Phi) is 3.12. The Bertz CT molecular complexity index is 464. The van der Waals surface area contributed by atoms with Crippen molar-refractivity contribution in [3.63, 3.8) is 0 Å². The predicted octanol–water partition coefficient (Wildman–Crippen LogP) is 1.76. The van der Waals surface area contributed by atoms with Crippen LogP contribution in [-0.2, 0) is 0 Å². The van der Waals surface area contributed by atoms with Crippen LogP contribution in [-0.4, -0.2) is 19.9 Å². The van der Waals surface area contributed by atoms with Gasteiger partial charge in [0.05, 0.1) is 10.7 Å². The van der Waals surface area contributed by atoms with Gasteiger partial charge in [-0.3, -0.25) is 4.98 Å². The highest BCUT2D eigenvalue weighted by Crippen LogP contribution is 2.31. The number of anilines is 1. The summed E-state index contributed by atoms with van der Waals surface area (Å²) in [6.45, 7) is 0. The minimum Gasteiger partial charge on any atom is -0.383 e. The molecule has 2 rings (SSSR count). The van der Waals surface area contributed by atoms with E-state index < -0.39 is 0 Å². The Morgan fingerprint density at radius 1 is 1.20 bits per heavy atom. The van der Waals surface area contributed by atoms with Crippen LogP contribution in [0.2, 0.25) is 0 Å². The summed E-state index contributed by atoms with van der Waals surface area (Å²) < 4.78 is 0.681. The van der Waals surface area contributed by atoms with Crippen LogP contribution in [0.4, 0.5) is 5.82 Å². The largest absolute Gasteiger partial charge is 0.383 e. The monoisotopic (exact) mass is 283 g/mol. The third kappa shape index (κ3) is 2.42. The van der Waals surface area contributed by atoms with E-state index in [4.69, 9.17) is 5.73 Å². The Morgan fingerprint density at radius 3 is 2.80 bits per heavy atom. The highest BCUT2D eigenvalue weighted by atomic mass is 79.9. The van der Waals surface area contributed by atoms with Gasteiger partial charge in [0.25, 0.3) is 0 Å². The molecule has 2 heterocycles. The molecule has 7 heteroatoms. The number of rotatable bonds is 2. The fraction of sp³-hybridized carbons (Fsp3) is 0.